The lowest BCUT2D eigenvalue weighted by Gasteiger charge is -2.34. The second kappa shape index (κ2) is 13.6. The van der Waals surface area contributed by atoms with Crippen LogP contribution < -0.4 is 25.8 Å². The Morgan fingerprint density at radius 1 is 0.889 bits per heavy atom. The first-order chi connectivity index (χ1) is 21.8. The van der Waals surface area contributed by atoms with Gasteiger partial charge in [-0.2, -0.15) is 0 Å². The number of esters is 1. The van der Waals surface area contributed by atoms with Crippen LogP contribution in [0.25, 0.3) is 10.9 Å². The molecule has 0 bridgehead atoms. The molecule has 4 aromatic carbocycles. The number of pyridine rings is 1. The molecule has 0 fully saturated rings. The average molecular weight is 604 g/mol. The van der Waals surface area contributed by atoms with Gasteiger partial charge in [-0.3, -0.25) is 20.0 Å². The van der Waals surface area contributed by atoms with Crippen LogP contribution >= 0.6 is 0 Å². The molecule has 1 heterocycles. The van der Waals surface area contributed by atoms with E-state index in [1.54, 1.807) is 48.7 Å². The summed E-state index contributed by atoms with van der Waals surface area (Å²) in [5.74, 6) is -0.658. The highest BCUT2D eigenvalue weighted by molar-refractivity contribution is 5.95. The number of ether oxygens (including phenoxy) is 3. The fourth-order valence-electron chi connectivity index (χ4n) is 4.81. The summed E-state index contributed by atoms with van der Waals surface area (Å²) < 4.78 is 17.6. The van der Waals surface area contributed by atoms with Crippen LogP contribution in [0.4, 0.5) is 5.69 Å². The Bertz CT molecular complexity index is 1830. The maximum absolute atomic E-state index is 14.1. The van der Waals surface area contributed by atoms with Crippen molar-refractivity contribution < 1.29 is 23.8 Å². The van der Waals surface area contributed by atoms with E-state index < -0.39 is 17.6 Å². The molecular formula is C35H33N5O5. The number of methoxy groups -OCH3 is 1. The number of aromatic nitrogens is 1. The zero-order chi connectivity index (χ0) is 31.8. The summed E-state index contributed by atoms with van der Waals surface area (Å²) in [6.45, 7) is 1.66. The monoisotopic (exact) mass is 603 g/mol. The molecule has 1 aromatic heterocycles. The molecule has 0 saturated carbocycles. The normalized spacial score (nSPS) is 12.0. The highest BCUT2D eigenvalue weighted by Crippen LogP contribution is 2.36. The van der Waals surface area contributed by atoms with Gasteiger partial charge in [-0.25, -0.2) is 0 Å². The summed E-state index contributed by atoms with van der Waals surface area (Å²) >= 11 is 0. The highest BCUT2D eigenvalue weighted by atomic mass is 16.6. The van der Waals surface area contributed by atoms with E-state index in [1.807, 2.05) is 60.7 Å². The number of amidine groups is 1. The third-order valence-corrected chi connectivity index (χ3v) is 7.06. The Hall–Kier alpha value is -5.90. The molecule has 0 aliphatic carbocycles. The summed E-state index contributed by atoms with van der Waals surface area (Å²) in [5.41, 5.74) is 7.48. The van der Waals surface area contributed by atoms with E-state index in [-0.39, 0.29) is 24.6 Å². The van der Waals surface area contributed by atoms with E-state index >= 15 is 0 Å². The van der Waals surface area contributed by atoms with Crippen LogP contribution in [0.15, 0.2) is 109 Å². The number of carbonyl (C=O) groups is 2. The Labute approximate surface area is 260 Å². The van der Waals surface area contributed by atoms with Crippen molar-refractivity contribution in [1.29, 1.82) is 5.41 Å². The lowest BCUT2D eigenvalue weighted by molar-refractivity contribution is -0.165. The van der Waals surface area contributed by atoms with Crippen molar-refractivity contribution in [3.8, 4) is 11.5 Å². The smallest absolute Gasteiger partial charge is 0.305 e. The van der Waals surface area contributed by atoms with Gasteiger partial charge in [0.2, 0.25) is 0 Å². The largest absolute Gasteiger partial charge is 0.493 e. The van der Waals surface area contributed by atoms with Crippen molar-refractivity contribution in [2.75, 3.05) is 12.4 Å². The molecule has 0 aliphatic rings. The predicted molar refractivity (Wildman–Crippen MR) is 172 cm³/mol. The van der Waals surface area contributed by atoms with Crippen molar-refractivity contribution in [1.82, 2.24) is 10.3 Å². The van der Waals surface area contributed by atoms with Crippen LogP contribution in [0.1, 0.15) is 29.2 Å². The number of nitrogen functional groups attached to an aromatic ring is 1. The van der Waals surface area contributed by atoms with Gasteiger partial charge < -0.3 is 30.6 Å². The average Bonchev–Trinajstić information content (AvgIpc) is 3.06. The summed E-state index contributed by atoms with van der Waals surface area (Å²) in [7, 11) is 1.49. The zero-order valence-corrected chi connectivity index (χ0v) is 24.9. The van der Waals surface area contributed by atoms with Crippen molar-refractivity contribution in [2.45, 2.75) is 25.8 Å². The Balaban J connectivity index is 1.49. The van der Waals surface area contributed by atoms with E-state index in [2.05, 4.69) is 15.6 Å². The van der Waals surface area contributed by atoms with Gasteiger partial charge >= 0.3 is 5.97 Å². The number of nitrogens with zero attached hydrogens (tertiary/aromatic N) is 1. The van der Waals surface area contributed by atoms with E-state index in [9.17, 15) is 9.59 Å². The second-order valence-corrected chi connectivity index (χ2v) is 10.2. The van der Waals surface area contributed by atoms with Crippen LogP contribution in [0.3, 0.4) is 0 Å². The number of anilines is 1. The molecule has 228 valence electrons. The zero-order valence-electron chi connectivity index (χ0n) is 24.9. The second-order valence-electron chi connectivity index (χ2n) is 10.2. The molecule has 5 aromatic rings. The van der Waals surface area contributed by atoms with Crippen molar-refractivity contribution >= 4 is 34.3 Å². The van der Waals surface area contributed by atoms with Gasteiger partial charge in [-0.1, -0.05) is 48.5 Å². The highest BCUT2D eigenvalue weighted by Gasteiger charge is 2.45. The SMILES string of the molecule is COc1cc(C(Nc2ccc(C(=N)N)cc2)(OC(C)=O)C(=O)NCc2ccccc2)ccc1OCc1ccc2cccnc2c1. The Morgan fingerprint density at radius 2 is 1.67 bits per heavy atom. The summed E-state index contributed by atoms with van der Waals surface area (Å²) in [5, 5.41) is 14.7. The first kappa shape index (κ1) is 30.6. The number of hydrogen-bond donors (Lipinski definition) is 4. The minimum Gasteiger partial charge on any atom is -0.493 e. The molecule has 10 nitrogen and oxygen atoms in total. The number of amides is 1. The third-order valence-electron chi connectivity index (χ3n) is 7.06. The molecule has 5 rings (SSSR count). The van der Waals surface area contributed by atoms with Crippen LogP contribution in [0, 0.1) is 5.41 Å². The van der Waals surface area contributed by atoms with E-state index in [4.69, 9.17) is 25.4 Å². The topological polar surface area (TPSA) is 149 Å². The number of hydrogen-bond acceptors (Lipinski definition) is 8. The Morgan fingerprint density at radius 3 is 2.38 bits per heavy atom. The number of nitrogens with two attached hydrogens (primary N) is 1. The maximum atomic E-state index is 14.1. The van der Waals surface area contributed by atoms with Gasteiger partial charge in [0.1, 0.15) is 12.4 Å². The van der Waals surface area contributed by atoms with Crippen LogP contribution in [0.2, 0.25) is 0 Å². The molecule has 1 unspecified atom stereocenters. The van der Waals surface area contributed by atoms with Gasteiger partial charge in [-0.15, -0.1) is 0 Å². The van der Waals surface area contributed by atoms with E-state index in [1.165, 1.54) is 14.0 Å². The summed E-state index contributed by atoms with van der Waals surface area (Å²) in [6, 6.07) is 30.6. The minimum atomic E-state index is -2.01. The van der Waals surface area contributed by atoms with Gasteiger partial charge in [-0.05, 0) is 65.7 Å². The molecule has 1 atom stereocenters. The van der Waals surface area contributed by atoms with Gasteiger partial charge in [0, 0.05) is 41.9 Å². The van der Waals surface area contributed by atoms with Gasteiger partial charge in [0.25, 0.3) is 11.6 Å². The Kier molecular flexibility index (Phi) is 9.23. The van der Waals surface area contributed by atoms with Crippen LogP contribution in [-0.4, -0.2) is 29.8 Å². The fraction of sp³-hybridized carbons (Fsp3) is 0.143. The van der Waals surface area contributed by atoms with E-state index in [0.29, 0.717) is 22.7 Å². The molecule has 0 radical (unpaired) electrons. The number of carbonyl (C=O) groups excluding carboxylic acids is 2. The molecule has 10 heteroatoms. The number of benzene rings is 4. The molecule has 45 heavy (non-hydrogen) atoms. The first-order valence-corrected chi connectivity index (χ1v) is 14.2. The lowest BCUT2D eigenvalue weighted by Crippen LogP contribution is -2.52. The molecule has 1 amide bonds. The van der Waals surface area contributed by atoms with Crippen molar-refractivity contribution in [3.63, 3.8) is 0 Å². The van der Waals surface area contributed by atoms with Crippen LogP contribution in [0.5, 0.6) is 11.5 Å². The summed E-state index contributed by atoms with van der Waals surface area (Å²) in [6.07, 6.45) is 1.74. The van der Waals surface area contributed by atoms with Gasteiger partial charge in [0.15, 0.2) is 11.5 Å². The number of fused-ring (bicyclic) bond motifs is 1. The fourth-order valence-corrected chi connectivity index (χ4v) is 4.81. The predicted octanol–water partition coefficient (Wildman–Crippen LogP) is 5.25. The number of nitrogens with one attached hydrogen (secondary N) is 3. The first-order valence-electron chi connectivity index (χ1n) is 14.2. The molecular weight excluding hydrogens is 570 g/mol. The van der Waals surface area contributed by atoms with Crippen LogP contribution in [-0.2, 0) is 33.2 Å². The molecule has 0 spiro atoms. The molecule has 0 saturated heterocycles. The summed E-state index contributed by atoms with van der Waals surface area (Å²) in [4.78, 5) is 31.1. The standard InChI is InChI=1S/C35H33N5O5/c1-23(41)45-35(34(42)39-21-24-7-4-3-5-8-24,40-29-15-12-27(13-16-29)33(36)37)28-14-17-31(32(20-28)43-2)44-22-25-10-11-26-9-6-18-38-30(26)19-25/h3-20,40H,21-22H2,1-2H3,(H3,36,37)(H,39,42). The molecule has 5 N–H and O–H groups in total. The lowest BCUT2D eigenvalue weighted by atomic mass is 9.99. The quantitative estimate of drug-likeness (QED) is 0.0654. The van der Waals surface area contributed by atoms with Gasteiger partial charge in [0.05, 0.1) is 12.6 Å². The third kappa shape index (κ3) is 7.19. The van der Waals surface area contributed by atoms with Crippen molar-refractivity contribution in [2.24, 2.45) is 5.73 Å². The van der Waals surface area contributed by atoms with Crippen molar-refractivity contribution in [3.05, 3.63) is 132 Å². The van der Waals surface area contributed by atoms with E-state index in [0.717, 1.165) is 22.0 Å². The molecule has 0 aliphatic heterocycles. The number of rotatable bonds is 12. The minimum absolute atomic E-state index is 0.103. The maximum Gasteiger partial charge on any atom is 0.305 e.